The average Bonchev–Trinajstić information content (AvgIpc) is 2.15. The fourth-order valence-electron chi connectivity index (χ4n) is 1.61. The molecule has 5 heteroatoms. The molecule has 0 atom stereocenters. The zero-order chi connectivity index (χ0) is 12.3. The monoisotopic (exact) mass is 224 g/mol. The van der Waals surface area contributed by atoms with E-state index in [2.05, 4.69) is 0 Å². The Kier molecular flexibility index (Phi) is 3.49. The van der Waals surface area contributed by atoms with Gasteiger partial charge in [-0.3, -0.25) is 10.1 Å². The van der Waals surface area contributed by atoms with Crippen LogP contribution in [0, 0.1) is 10.1 Å². The highest BCUT2D eigenvalue weighted by Gasteiger charge is 2.21. The minimum absolute atomic E-state index is 0.0502. The van der Waals surface area contributed by atoms with Gasteiger partial charge in [0.15, 0.2) is 0 Å². The van der Waals surface area contributed by atoms with Crippen LogP contribution in [-0.4, -0.2) is 29.2 Å². The van der Waals surface area contributed by atoms with Crippen LogP contribution < -0.4 is 4.90 Å². The van der Waals surface area contributed by atoms with Crippen LogP contribution >= 0.6 is 0 Å². The predicted octanol–water partition coefficient (Wildman–Crippen LogP) is 1.80. The van der Waals surface area contributed by atoms with Gasteiger partial charge in [0.25, 0.3) is 5.69 Å². The molecule has 0 aliphatic rings. The van der Waals surface area contributed by atoms with E-state index in [4.69, 9.17) is 0 Å². The average molecular weight is 224 g/mol. The first-order valence-electron chi connectivity index (χ1n) is 4.98. The number of anilines is 1. The number of rotatable bonds is 4. The summed E-state index contributed by atoms with van der Waals surface area (Å²) >= 11 is 0. The van der Waals surface area contributed by atoms with Crippen molar-refractivity contribution in [1.82, 2.24) is 0 Å². The van der Waals surface area contributed by atoms with Gasteiger partial charge in [-0.25, -0.2) is 0 Å². The molecule has 0 aromatic heterocycles. The summed E-state index contributed by atoms with van der Waals surface area (Å²) in [5.41, 5.74) is -0.331. The third-order valence-electron chi connectivity index (χ3n) is 2.11. The van der Waals surface area contributed by atoms with E-state index in [1.54, 1.807) is 44.0 Å². The summed E-state index contributed by atoms with van der Waals surface area (Å²) in [5.74, 6) is 0. The van der Waals surface area contributed by atoms with Crippen molar-refractivity contribution in [1.29, 1.82) is 0 Å². The fourth-order valence-corrected chi connectivity index (χ4v) is 1.61. The largest absolute Gasteiger partial charge is 0.389 e. The summed E-state index contributed by atoms with van der Waals surface area (Å²) < 4.78 is 0. The predicted molar refractivity (Wildman–Crippen MR) is 62.7 cm³/mol. The SMILES string of the molecule is CN(CC(C)(C)O)c1ccccc1[N+](=O)[O-]. The second-order valence-electron chi connectivity index (χ2n) is 4.41. The summed E-state index contributed by atoms with van der Waals surface area (Å²) in [4.78, 5) is 12.1. The van der Waals surface area contributed by atoms with Crippen molar-refractivity contribution < 1.29 is 10.0 Å². The minimum Gasteiger partial charge on any atom is -0.389 e. The number of hydrogen-bond acceptors (Lipinski definition) is 4. The highest BCUT2D eigenvalue weighted by Crippen LogP contribution is 2.27. The van der Waals surface area contributed by atoms with Crippen molar-refractivity contribution in [2.45, 2.75) is 19.4 Å². The van der Waals surface area contributed by atoms with Crippen molar-refractivity contribution in [3.8, 4) is 0 Å². The van der Waals surface area contributed by atoms with E-state index in [0.717, 1.165) is 0 Å². The Labute approximate surface area is 94.5 Å². The van der Waals surface area contributed by atoms with E-state index in [9.17, 15) is 15.2 Å². The molecule has 0 bridgehead atoms. The summed E-state index contributed by atoms with van der Waals surface area (Å²) in [6, 6.07) is 6.49. The van der Waals surface area contributed by atoms with E-state index >= 15 is 0 Å². The third-order valence-corrected chi connectivity index (χ3v) is 2.11. The lowest BCUT2D eigenvalue weighted by Crippen LogP contribution is -2.36. The van der Waals surface area contributed by atoms with Gasteiger partial charge in [0.1, 0.15) is 5.69 Å². The molecule has 0 amide bonds. The first-order chi connectivity index (χ1) is 7.31. The van der Waals surface area contributed by atoms with E-state index in [1.807, 2.05) is 0 Å². The maximum atomic E-state index is 10.8. The van der Waals surface area contributed by atoms with Crippen LogP contribution in [0.3, 0.4) is 0 Å². The molecular formula is C11H16N2O3. The van der Waals surface area contributed by atoms with Gasteiger partial charge in [-0.2, -0.15) is 0 Å². The normalized spacial score (nSPS) is 11.2. The summed E-state index contributed by atoms with van der Waals surface area (Å²) in [6.07, 6.45) is 0. The van der Waals surface area contributed by atoms with Crippen molar-refractivity contribution in [3.05, 3.63) is 34.4 Å². The van der Waals surface area contributed by atoms with Crippen molar-refractivity contribution in [3.63, 3.8) is 0 Å². The molecule has 1 N–H and O–H groups in total. The maximum absolute atomic E-state index is 10.8. The number of aliphatic hydroxyl groups is 1. The molecule has 0 spiro atoms. The molecule has 0 unspecified atom stereocenters. The fraction of sp³-hybridized carbons (Fsp3) is 0.455. The lowest BCUT2D eigenvalue weighted by Gasteiger charge is -2.26. The van der Waals surface area contributed by atoms with Gasteiger partial charge >= 0.3 is 0 Å². The second-order valence-corrected chi connectivity index (χ2v) is 4.41. The van der Waals surface area contributed by atoms with Gasteiger partial charge in [-0.05, 0) is 19.9 Å². The molecule has 5 nitrogen and oxygen atoms in total. The number of nitrogens with zero attached hydrogens (tertiary/aromatic N) is 2. The quantitative estimate of drug-likeness (QED) is 0.625. The number of nitro benzene ring substituents is 1. The summed E-state index contributed by atoms with van der Waals surface area (Å²) in [5, 5.41) is 20.5. The number of nitro groups is 1. The van der Waals surface area contributed by atoms with Gasteiger partial charge in [0, 0.05) is 19.7 Å². The molecular weight excluding hydrogens is 208 g/mol. The number of hydrogen-bond donors (Lipinski definition) is 1. The van der Waals surface area contributed by atoms with Gasteiger partial charge in [-0.1, -0.05) is 12.1 Å². The van der Waals surface area contributed by atoms with Gasteiger partial charge in [0.2, 0.25) is 0 Å². The zero-order valence-corrected chi connectivity index (χ0v) is 9.67. The van der Waals surface area contributed by atoms with Crippen LogP contribution in [-0.2, 0) is 0 Å². The Bertz CT molecular complexity index is 385. The molecule has 1 aromatic rings. The standard InChI is InChI=1S/C11H16N2O3/c1-11(2,14)8-12(3)9-6-4-5-7-10(9)13(15)16/h4-7,14H,8H2,1-3H3. The number of likely N-dealkylation sites (N-methyl/N-ethyl adjacent to an activating group) is 1. The Morgan fingerprint density at radius 3 is 2.50 bits per heavy atom. The first-order valence-corrected chi connectivity index (χ1v) is 4.98. The highest BCUT2D eigenvalue weighted by molar-refractivity contribution is 5.62. The molecule has 88 valence electrons. The number of benzene rings is 1. The lowest BCUT2D eigenvalue weighted by atomic mass is 10.1. The molecule has 1 aromatic carbocycles. The third kappa shape index (κ3) is 3.20. The first kappa shape index (κ1) is 12.4. The summed E-state index contributed by atoms with van der Waals surface area (Å²) in [6.45, 7) is 3.66. The van der Waals surface area contributed by atoms with Crippen LogP contribution in [0.15, 0.2) is 24.3 Å². The van der Waals surface area contributed by atoms with E-state index < -0.39 is 10.5 Å². The molecule has 0 saturated heterocycles. The molecule has 16 heavy (non-hydrogen) atoms. The molecule has 1 rings (SSSR count). The van der Waals surface area contributed by atoms with E-state index in [-0.39, 0.29) is 5.69 Å². The highest BCUT2D eigenvalue weighted by atomic mass is 16.6. The Balaban J connectivity index is 2.99. The molecule has 0 saturated carbocycles. The van der Waals surface area contributed by atoms with E-state index in [0.29, 0.717) is 12.2 Å². The van der Waals surface area contributed by atoms with Crippen LogP contribution in [0.2, 0.25) is 0 Å². The number of para-hydroxylation sites is 2. The molecule has 0 aliphatic heterocycles. The summed E-state index contributed by atoms with van der Waals surface area (Å²) in [7, 11) is 1.72. The van der Waals surface area contributed by atoms with Crippen molar-refractivity contribution in [2.24, 2.45) is 0 Å². The molecule has 0 fully saturated rings. The minimum atomic E-state index is -0.890. The second kappa shape index (κ2) is 4.49. The Morgan fingerprint density at radius 2 is 2.00 bits per heavy atom. The van der Waals surface area contributed by atoms with Gasteiger partial charge in [-0.15, -0.1) is 0 Å². The molecule has 0 aliphatic carbocycles. The van der Waals surface area contributed by atoms with Gasteiger partial charge in [0.05, 0.1) is 10.5 Å². The molecule has 0 radical (unpaired) electrons. The zero-order valence-electron chi connectivity index (χ0n) is 9.67. The Hall–Kier alpha value is -1.62. The van der Waals surface area contributed by atoms with E-state index in [1.165, 1.54) is 6.07 Å². The maximum Gasteiger partial charge on any atom is 0.292 e. The van der Waals surface area contributed by atoms with Crippen molar-refractivity contribution in [2.75, 3.05) is 18.5 Å². The van der Waals surface area contributed by atoms with Crippen LogP contribution in [0.5, 0.6) is 0 Å². The smallest absolute Gasteiger partial charge is 0.292 e. The van der Waals surface area contributed by atoms with Crippen molar-refractivity contribution >= 4 is 11.4 Å². The van der Waals surface area contributed by atoms with Crippen LogP contribution in [0.4, 0.5) is 11.4 Å². The Morgan fingerprint density at radius 1 is 1.44 bits per heavy atom. The lowest BCUT2D eigenvalue weighted by molar-refractivity contribution is -0.384. The van der Waals surface area contributed by atoms with Crippen LogP contribution in [0.1, 0.15) is 13.8 Å². The topological polar surface area (TPSA) is 66.6 Å². The molecule has 0 heterocycles. The van der Waals surface area contributed by atoms with Crippen LogP contribution in [0.25, 0.3) is 0 Å². The van der Waals surface area contributed by atoms with Gasteiger partial charge < -0.3 is 10.0 Å².